The molecule has 0 radical (unpaired) electrons. The van der Waals surface area contributed by atoms with Gasteiger partial charge in [0.25, 0.3) is 5.24 Å². The molecule has 1 aliphatic heterocycles. The average Bonchev–Trinajstić information content (AvgIpc) is 2.96. The maximum absolute atomic E-state index is 11.6. The van der Waals surface area contributed by atoms with Crippen LogP contribution in [0.25, 0.3) is 0 Å². The maximum atomic E-state index is 11.6. The number of halogens is 1. The van der Waals surface area contributed by atoms with Gasteiger partial charge in [-0.2, -0.15) is 0 Å². The predicted molar refractivity (Wildman–Crippen MR) is 109 cm³/mol. The number of carbonyl (C=O) groups excluding carboxylic acids is 2. The zero-order valence-electron chi connectivity index (χ0n) is 15.2. The Morgan fingerprint density at radius 1 is 1.37 bits per heavy atom. The van der Waals surface area contributed by atoms with Gasteiger partial charge in [-0.15, -0.1) is 0 Å². The number of hydrogen-bond acceptors (Lipinski definition) is 5. The minimum Gasteiger partial charge on any atom is -0.491 e. The molecule has 1 aromatic rings. The summed E-state index contributed by atoms with van der Waals surface area (Å²) in [7, 11) is 0. The minimum atomic E-state index is -0.605. The molecule has 2 rings (SSSR count). The molecule has 1 saturated heterocycles. The van der Waals surface area contributed by atoms with E-state index in [2.05, 4.69) is 12.2 Å². The van der Waals surface area contributed by atoms with Crippen LogP contribution in [-0.2, 0) is 11.2 Å². The second-order valence-corrected chi connectivity index (χ2v) is 7.85. The summed E-state index contributed by atoms with van der Waals surface area (Å²) in [6.45, 7) is 2.24. The standard InChI is InChI=1S/C20H24ClNO4S/c1-2-3-4-5-15(21)8-9-16(23)13-26-17-10-6-14(7-11-17)12-18-19(24)22-20(25)27-18/h3-7,10-11,16,18,23H,2,8-9,12-13H2,1H3,(H,22,24,25)/b4-3-,15-5+/t16-,18?/m1/s1. The van der Waals surface area contributed by atoms with Gasteiger partial charge in [0.1, 0.15) is 12.4 Å². The van der Waals surface area contributed by atoms with Crippen LogP contribution < -0.4 is 10.1 Å². The number of carbonyl (C=O) groups is 2. The van der Waals surface area contributed by atoms with Crippen LogP contribution in [0.1, 0.15) is 31.7 Å². The molecule has 27 heavy (non-hydrogen) atoms. The minimum absolute atomic E-state index is 0.184. The first-order chi connectivity index (χ1) is 13.0. The van der Waals surface area contributed by atoms with Gasteiger partial charge in [0.2, 0.25) is 5.91 Å². The SMILES string of the molecule is CC/C=C\C=C(\Cl)CC[C@@H](O)COc1ccc(CC2SC(=O)NC2=O)cc1. The van der Waals surface area contributed by atoms with Crippen LogP contribution in [0.2, 0.25) is 0 Å². The van der Waals surface area contributed by atoms with E-state index < -0.39 is 6.10 Å². The van der Waals surface area contributed by atoms with Crippen LogP contribution in [0.15, 0.2) is 47.5 Å². The lowest BCUT2D eigenvalue weighted by atomic mass is 10.1. The number of imide groups is 1. The van der Waals surface area contributed by atoms with E-state index in [0.29, 0.717) is 30.0 Å². The summed E-state index contributed by atoms with van der Waals surface area (Å²) in [6.07, 6.45) is 7.73. The molecule has 1 unspecified atom stereocenters. The summed E-state index contributed by atoms with van der Waals surface area (Å²) in [5.41, 5.74) is 0.947. The number of hydrogen-bond donors (Lipinski definition) is 2. The van der Waals surface area contributed by atoms with Crippen LogP contribution >= 0.6 is 23.4 Å². The van der Waals surface area contributed by atoms with Crippen molar-refractivity contribution >= 4 is 34.5 Å². The lowest BCUT2D eigenvalue weighted by molar-refractivity contribution is -0.118. The highest BCUT2D eigenvalue weighted by Crippen LogP contribution is 2.24. The van der Waals surface area contributed by atoms with E-state index in [0.717, 1.165) is 23.7 Å². The molecule has 0 aliphatic carbocycles. The highest BCUT2D eigenvalue weighted by atomic mass is 35.5. The van der Waals surface area contributed by atoms with Gasteiger partial charge in [-0.3, -0.25) is 14.9 Å². The largest absolute Gasteiger partial charge is 0.491 e. The molecular formula is C20H24ClNO4S. The third kappa shape index (κ3) is 7.79. The van der Waals surface area contributed by atoms with E-state index in [1.165, 1.54) is 0 Å². The Balaban J connectivity index is 1.73. The van der Waals surface area contributed by atoms with Crippen molar-refractivity contribution in [2.24, 2.45) is 0 Å². The summed E-state index contributed by atoms with van der Waals surface area (Å²) in [5.74, 6) is 0.399. The molecule has 2 atom stereocenters. The van der Waals surface area contributed by atoms with Crippen LogP contribution in [0.3, 0.4) is 0 Å². The molecule has 1 aliphatic rings. The lowest BCUT2D eigenvalue weighted by Gasteiger charge is -2.13. The van der Waals surface area contributed by atoms with Gasteiger partial charge >= 0.3 is 0 Å². The fourth-order valence-electron chi connectivity index (χ4n) is 2.44. The number of nitrogens with one attached hydrogen (secondary N) is 1. The van der Waals surface area contributed by atoms with Gasteiger partial charge in [-0.1, -0.05) is 54.6 Å². The van der Waals surface area contributed by atoms with E-state index in [-0.39, 0.29) is 23.0 Å². The maximum Gasteiger partial charge on any atom is 0.286 e. The Morgan fingerprint density at radius 3 is 2.74 bits per heavy atom. The zero-order valence-corrected chi connectivity index (χ0v) is 16.8. The van der Waals surface area contributed by atoms with E-state index in [1.54, 1.807) is 12.1 Å². The first-order valence-electron chi connectivity index (χ1n) is 8.90. The molecule has 1 fully saturated rings. The van der Waals surface area contributed by atoms with Crippen molar-refractivity contribution in [1.29, 1.82) is 0 Å². The number of ether oxygens (including phenoxy) is 1. The van der Waals surface area contributed by atoms with E-state index >= 15 is 0 Å². The van der Waals surface area contributed by atoms with Gasteiger partial charge in [-0.25, -0.2) is 0 Å². The van der Waals surface area contributed by atoms with Crippen molar-refractivity contribution in [2.45, 2.75) is 44.0 Å². The van der Waals surface area contributed by atoms with Crippen molar-refractivity contribution in [2.75, 3.05) is 6.61 Å². The summed E-state index contributed by atoms with van der Waals surface area (Å²) in [5, 5.41) is 12.3. The molecule has 0 saturated carbocycles. The first kappa shape index (κ1) is 21.5. The van der Waals surface area contributed by atoms with Crippen LogP contribution in [0.4, 0.5) is 4.79 Å². The third-order valence-electron chi connectivity index (χ3n) is 3.92. The molecule has 0 bridgehead atoms. The molecule has 1 heterocycles. The number of aliphatic hydroxyl groups excluding tert-OH is 1. The highest BCUT2D eigenvalue weighted by molar-refractivity contribution is 8.15. The molecule has 5 nitrogen and oxygen atoms in total. The Bertz CT molecular complexity index is 702. The second kappa shape index (κ2) is 11.2. The lowest BCUT2D eigenvalue weighted by Crippen LogP contribution is -2.25. The monoisotopic (exact) mass is 409 g/mol. The van der Waals surface area contributed by atoms with Gasteiger partial charge in [0.15, 0.2) is 0 Å². The van der Waals surface area contributed by atoms with E-state index in [1.807, 2.05) is 30.4 Å². The summed E-state index contributed by atoms with van der Waals surface area (Å²) >= 11 is 7.11. The molecule has 7 heteroatoms. The Labute approximate surface area is 168 Å². The molecule has 2 amide bonds. The van der Waals surface area contributed by atoms with Gasteiger partial charge in [-0.05, 0) is 49.5 Å². The average molecular weight is 410 g/mol. The third-order valence-corrected chi connectivity index (χ3v) is 5.22. The number of aliphatic hydroxyl groups is 1. The van der Waals surface area contributed by atoms with Gasteiger partial charge < -0.3 is 9.84 Å². The van der Waals surface area contributed by atoms with Crippen molar-refractivity contribution in [1.82, 2.24) is 5.32 Å². The first-order valence-corrected chi connectivity index (χ1v) is 10.2. The number of rotatable bonds is 10. The number of allylic oxidation sites excluding steroid dienone is 4. The molecule has 0 spiro atoms. The van der Waals surface area contributed by atoms with Crippen molar-refractivity contribution < 1.29 is 19.4 Å². The number of benzene rings is 1. The van der Waals surface area contributed by atoms with Crippen LogP contribution in [0.5, 0.6) is 5.75 Å². The Hall–Kier alpha value is -1.76. The molecule has 146 valence electrons. The molecule has 0 aromatic heterocycles. The molecule has 2 N–H and O–H groups in total. The summed E-state index contributed by atoms with van der Waals surface area (Å²) in [4.78, 5) is 22.8. The highest BCUT2D eigenvalue weighted by Gasteiger charge is 2.31. The summed E-state index contributed by atoms with van der Waals surface area (Å²) < 4.78 is 5.60. The van der Waals surface area contributed by atoms with Gasteiger partial charge in [0, 0.05) is 5.03 Å². The quantitative estimate of drug-likeness (QED) is 0.566. The van der Waals surface area contributed by atoms with E-state index in [9.17, 15) is 14.7 Å². The fourth-order valence-corrected chi connectivity index (χ4v) is 3.48. The second-order valence-electron chi connectivity index (χ2n) is 6.18. The topological polar surface area (TPSA) is 75.6 Å². The predicted octanol–water partition coefficient (Wildman–Crippen LogP) is 4.19. The Morgan fingerprint density at radius 2 is 2.11 bits per heavy atom. The number of thioether (sulfide) groups is 1. The van der Waals surface area contributed by atoms with Crippen LogP contribution in [-0.4, -0.2) is 34.2 Å². The zero-order chi connectivity index (χ0) is 19.6. The van der Waals surface area contributed by atoms with Gasteiger partial charge in [0.05, 0.1) is 11.4 Å². The Kier molecular flexibility index (Phi) is 8.91. The van der Waals surface area contributed by atoms with Crippen molar-refractivity contribution in [3.05, 3.63) is 53.1 Å². The number of amides is 2. The summed E-state index contributed by atoms with van der Waals surface area (Å²) in [6, 6.07) is 7.31. The van der Waals surface area contributed by atoms with Crippen LogP contribution in [0, 0.1) is 0 Å². The van der Waals surface area contributed by atoms with Crippen molar-refractivity contribution in [3.8, 4) is 5.75 Å². The molecule has 1 aromatic carbocycles. The molecular weight excluding hydrogens is 386 g/mol. The van der Waals surface area contributed by atoms with E-state index in [4.69, 9.17) is 16.3 Å². The fraction of sp³-hybridized carbons (Fsp3) is 0.400. The normalized spacial score (nSPS) is 18.8. The van der Waals surface area contributed by atoms with Crippen molar-refractivity contribution in [3.63, 3.8) is 0 Å². The smallest absolute Gasteiger partial charge is 0.286 e.